The van der Waals surface area contributed by atoms with Gasteiger partial charge in [-0.3, -0.25) is 0 Å². The molecule has 2 aromatic rings. The van der Waals surface area contributed by atoms with E-state index in [1.165, 1.54) is 19.3 Å². The predicted molar refractivity (Wildman–Crippen MR) is 71.3 cm³/mol. The van der Waals surface area contributed by atoms with E-state index < -0.39 is 0 Å². The summed E-state index contributed by atoms with van der Waals surface area (Å²) in [5, 5.41) is 0. The molecular formula is C12H18N6. The number of imidazole rings is 1. The van der Waals surface area contributed by atoms with Crippen LogP contribution in [-0.2, 0) is 0 Å². The molecule has 1 fully saturated rings. The van der Waals surface area contributed by atoms with Gasteiger partial charge in [0.05, 0.1) is 6.33 Å². The molecule has 96 valence electrons. The smallest absolute Gasteiger partial charge is 0.224 e. The van der Waals surface area contributed by atoms with Crippen molar-refractivity contribution >= 4 is 22.9 Å². The largest absolute Gasteiger partial charge is 0.368 e. The van der Waals surface area contributed by atoms with Gasteiger partial charge in [-0.25, -0.2) is 4.98 Å². The van der Waals surface area contributed by atoms with Crippen molar-refractivity contribution in [1.29, 1.82) is 0 Å². The van der Waals surface area contributed by atoms with E-state index in [0.29, 0.717) is 11.6 Å². The lowest BCUT2D eigenvalue weighted by atomic mass is 10.0. The van der Waals surface area contributed by atoms with Crippen molar-refractivity contribution in [3.8, 4) is 0 Å². The van der Waals surface area contributed by atoms with Crippen LogP contribution in [0.4, 0.5) is 11.8 Å². The lowest BCUT2D eigenvalue weighted by Gasteiger charge is -2.18. The van der Waals surface area contributed by atoms with Gasteiger partial charge in [-0.2, -0.15) is 9.97 Å². The zero-order valence-corrected chi connectivity index (χ0v) is 10.6. The van der Waals surface area contributed by atoms with E-state index in [2.05, 4.69) is 31.8 Å². The van der Waals surface area contributed by atoms with Crippen LogP contribution >= 0.6 is 0 Å². The topological polar surface area (TPSA) is 83.7 Å². The third-order valence-electron chi connectivity index (χ3n) is 3.57. The number of hydrogen-bond donors (Lipinski definition) is 2. The molecule has 6 heteroatoms. The highest BCUT2D eigenvalue weighted by atomic mass is 15.2. The number of aromatic amines is 1. The summed E-state index contributed by atoms with van der Waals surface area (Å²) < 4.78 is 0. The summed E-state index contributed by atoms with van der Waals surface area (Å²) in [7, 11) is 0. The Balaban J connectivity index is 1.92. The molecule has 3 heterocycles. The fraction of sp³-hybridized carbons (Fsp3) is 0.583. The Morgan fingerprint density at radius 2 is 2.39 bits per heavy atom. The third kappa shape index (κ3) is 1.87. The molecule has 1 aliphatic heterocycles. The lowest BCUT2D eigenvalue weighted by molar-refractivity contribution is 0.529. The predicted octanol–water partition coefficient (Wildman–Crippen LogP) is 1.56. The number of H-pyrrole nitrogens is 1. The van der Waals surface area contributed by atoms with Gasteiger partial charge in [-0.05, 0) is 18.8 Å². The second-order valence-corrected chi connectivity index (χ2v) is 4.90. The van der Waals surface area contributed by atoms with Crippen molar-refractivity contribution in [3.05, 3.63) is 6.33 Å². The van der Waals surface area contributed by atoms with Crippen LogP contribution in [0.1, 0.15) is 26.2 Å². The number of rotatable bonds is 3. The molecule has 3 rings (SSSR count). The van der Waals surface area contributed by atoms with Crippen molar-refractivity contribution in [3.63, 3.8) is 0 Å². The highest BCUT2D eigenvalue weighted by Crippen LogP contribution is 2.29. The van der Waals surface area contributed by atoms with Gasteiger partial charge in [-0.15, -0.1) is 0 Å². The molecule has 1 aliphatic rings. The zero-order chi connectivity index (χ0) is 12.5. The summed E-state index contributed by atoms with van der Waals surface area (Å²) in [6, 6.07) is 0. The van der Waals surface area contributed by atoms with E-state index in [4.69, 9.17) is 5.73 Å². The minimum absolute atomic E-state index is 0.295. The van der Waals surface area contributed by atoms with Crippen molar-refractivity contribution in [2.24, 2.45) is 5.92 Å². The molecule has 0 aliphatic carbocycles. The molecule has 1 unspecified atom stereocenters. The van der Waals surface area contributed by atoms with E-state index in [0.717, 1.165) is 30.3 Å². The van der Waals surface area contributed by atoms with Gasteiger partial charge in [0, 0.05) is 13.1 Å². The number of nitrogens with zero attached hydrogens (tertiary/aromatic N) is 4. The van der Waals surface area contributed by atoms with E-state index in [1.54, 1.807) is 6.33 Å². The van der Waals surface area contributed by atoms with Crippen LogP contribution in [0.25, 0.3) is 11.2 Å². The Morgan fingerprint density at radius 3 is 3.22 bits per heavy atom. The highest BCUT2D eigenvalue weighted by Gasteiger charge is 2.25. The number of nitrogens with one attached hydrogen (secondary N) is 1. The normalized spacial score (nSPS) is 19.8. The first-order valence-electron chi connectivity index (χ1n) is 6.49. The van der Waals surface area contributed by atoms with Gasteiger partial charge in [0.15, 0.2) is 11.5 Å². The van der Waals surface area contributed by atoms with Crippen LogP contribution < -0.4 is 10.6 Å². The summed E-state index contributed by atoms with van der Waals surface area (Å²) >= 11 is 0. The molecule has 0 radical (unpaired) electrons. The van der Waals surface area contributed by atoms with E-state index in [9.17, 15) is 0 Å². The maximum atomic E-state index is 5.74. The standard InChI is InChI=1S/C12H18N6/c1-2-3-8-4-5-18(6-8)11-9-10(15-7-14-9)16-12(13)17-11/h7-8H,2-6H2,1H3,(H3,13,14,15,16,17). The molecule has 0 amide bonds. The van der Waals surface area contributed by atoms with Crippen molar-refractivity contribution < 1.29 is 0 Å². The zero-order valence-electron chi connectivity index (χ0n) is 10.6. The van der Waals surface area contributed by atoms with E-state index in [1.807, 2.05) is 0 Å². The molecule has 6 nitrogen and oxygen atoms in total. The lowest BCUT2D eigenvalue weighted by Crippen LogP contribution is -2.22. The Bertz CT molecular complexity index is 548. The molecule has 1 atom stereocenters. The third-order valence-corrected chi connectivity index (χ3v) is 3.57. The molecule has 2 aromatic heterocycles. The summed E-state index contributed by atoms with van der Waals surface area (Å²) in [4.78, 5) is 18.0. The number of nitrogen functional groups attached to an aromatic ring is 1. The van der Waals surface area contributed by atoms with Crippen molar-refractivity contribution in [2.45, 2.75) is 26.2 Å². The molecule has 0 spiro atoms. The average Bonchev–Trinajstić information content (AvgIpc) is 2.96. The van der Waals surface area contributed by atoms with Crippen LogP contribution in [0.15, 0.2) is 6.33 Å². The summed E-state index contributed by atoms with van der Waals surface area (Å²) in [6.07, 6.45) is 5.39. The van der Waals surface area contributed by atoms with E-state index >= 15 is 0 Å². The van der Waals surface area contributed by atoms with Crippen LogP contribution in [0.2, 0.25) is 0 Å². The number of nitrogens with two attached hydrogens (primary N) is 1. The van der Waals surface area contributed by atoms with Crippen molar-refractivity contribution in [2.75, 3.05) is 23.7 Å². The molecule has 0 bridgehead atoms. The van der Waals surface area contributed by atoms with Gasteiger partial charge in [0.2, 0.25) is 5.95 Å². The monoisotopic (exact) mass is 246 g/mol. The van der Waals surface area contributed by atoms with Crippen LogP contribution in [0, 0.1) is 5.92 Å². The second-order valence-electron chi connectivity index (χ2n) is 4.90. The summed E-state index contributed by atoms with van der Waals surface area (Å²) in [6.45, 7) is 4.33. The van der Waals surface area contributed by atoms with Crippen LogP contribution in [0.5, 0.6) is 0 Å². The quantitative estimate of drug-likeness (QED) is 0.858. The second kappa shape index (κ2) is 4.44. The van der Waals surface area contributed by atoms with Crippen molar-refractivity contribution in [1.82, 2.24) is 19.9 Å². The average molecular weight is 246 g/mol. The minimum Gasteiger partial charge on any atom is -0.368 e. The fourth-order valence-electron chi connectivity index (χ4n) is 2.73. The highest BCUT2D eigenvalue weighted by molar-refractivity contribution is 5.84. The Morgan fingerprint density at radius 1 is 1.50 bits per heavy atom. The van der Waals surface area contributed by atoms with Gasteiger partial charge < -0.3 is 15.6 Å². The first kappa shape index (κ1) is 11.3. The Labute approximate surface area is 106 Å². The number of hydrogen-bond acceptors (Lipinski definition) is 5. The number of fused-ring (bicyclic) bond motifs is 1. The maximum absolute atomic E-state index is 5.74. The summed E-state index contributed by atoms with van der Waals surface area (Å²) in [5.41, 5.74) is 7.28. The first-order chi connectivity index (χ1) is 8.78. The molecule has 0 saturated carbocycles. The molecular weight excluding hydrogens is 228 g/mol. The Kier molecular flexibility index (Phi) is 2.77. The number of anilines is 2. The summed E-state index contributed by atoms with van der Waals surface area (Å²) in [5.74, 6) is 1.96. The maximum Gasteiger partial charge on any atom is 0.224 e. The molecule has 1 saturated heterocycles. The van der Waals surface area contributed by atoms with Gasteiger partial charge >= 0.3 is 0 Å². The molecule has 3 N–H and O–H groups in total. The first-order valence-corrected chi connectivity index (χ1v) is 6.49. The van der Waals surface area contributed by atoms with Crippen LogP contribution in [-0.4, -0.2) is 33.0 Å². The molecule has 18 heavy (non-hydrogen) atoms. The van der Waals surface area contributed by atoms with Gasteiger partial charge in [-0.1, -0.05) is 13.3 Å². The minimum atomic E-state index is 0.295. The van der Waals surface area contributed by atoms with Gasteiger partial charge in [0.25, 0.3) is 0 Å². The van der Waals surface area contributed by atoms with Gasteiger partial charge in [0.1, 0.15) is 5.52 Å². The SMILES string of the molecule is CCCC1CCN(c2nc(N)nc3nc[nH]c23)C1. The number of aromatic nitrogens is 4. The fourth-order valence-corrected chi connectivity index (χ4v) is 2.73. The molecule has 0 aromatic carbocycles. The Hall–Kier alpha value is -1.85. The van der Waals surface area contributed by atoms with E-state index in [-0.39, 0.29) is 0 Å². The van der Waals surface area contributed by atoms with Crippen LogP contribution in [0.3, 0.4) is 0 Å².